The summed E-state index contributed by atoms with van der Waals surface area (Å²) in [7, 11) is 0. The van der Waals surface area contributed by atoms with Gasteiger partial charge in [0.05, 0.1) is 5.97 Å². The molecule has 0 aromatic heterocycles. The number of carboxylic acids is 1. The normalized spacial score (nSPS) is 9.69. The zero-order valence-electron chi connectivity index (χ0n) is 7.04. The highest BCUT2D eigenvalue weighted by Gasteiger charge is 1.98. The van der Waals surface area contributed by atoms with Crippen LogP contribution in [-0.2, 0) is 4.79 Å². The maximum atomic E-state index is 10.1. The van der Waals surface area contributed by atoms with Crippen LogP contribution in [-0.4, -0.2) is 12.6 Å². The van der Waals surface area contributed by atoms with Crippen LogP contribution in [0.3, 0.4) is 0 Å². The molecule has 0 heterocycles. The first-order valence-corrected chi connectivity index (χ1v) is 4.06. The van der Waals surface area contributed by atoms with Crippen LogP contribution < -0.4 is 9.84 Å². The predicted octanol–water partition coefficient (Wildman–Crippen LogP) is 0.777. The molecule has 0 atom stereocenters. The summed E-state index contributed by atoms with van der Waals surface area (Å²) in [5.74, 6) is -0.823. The molecule has 0 unspecified atom stereocenters. The highest BCUT2D eigenvalue weighted by molar-refractivity contribution is 6.31. The van der Waals surface area contributed by atoms with E-state index in [0.29, 0.717) is 10.8 Å². The van der Waals surface area contributed by atoms with Crippen molar-refractivity contribution in [1.29, 1.82) is 0 Å². The van der Waals surface area contributed by atoms with E-state index in [1.54, 1.807) is 18.2 Å². The highest BCUT2D eigenvalue weighted by Crippen LogP contribution is 2.21. The first kappa shape index (κ1) is 9.86. The van der Waals surface area contributed by atoms with E-state index in [2.05, 4.69) is 0 Å². The van der Waals surface area contributed by atoms with Crippen molar-refractivity contribution in [2.75, 3.05) is 6.61 Å². The average molecular weight is 200 g/mol. The molecule has 0 aliphatic rings. The van der Waals surface area contributed by atoms with Gasteiger partial charge in [-0.1, -0.05) is 17.7 Å². The number of carbonyl (C=O) groups is 1. The summed E-state index contributed by atoms with van der Waals surface area (Å²) in [5.41, 5.74) is 0.919. The number of hydrogen-bond acceptors (Lipinski definition) is 3. The largest absolute Gasteiger partial charge is 0.546 e. The lowest BCUT2D eigenvalue weighted by Gasteiger charge is -2.07. The van der Waals surface area contributed by atoms with Crippen LogP contribution in [0.1, 0.15) is 5.56 Å². The van der Waals surface area contributed by atoms with Crippen LogP contribution in [0.25, 0.3) is 0 Å². The smallest absolute Gasteiger partial charge is 0.128 e. The third kappa shape index (κ3) is 2.95. The highest BCUT2D eigenvalue weighted by atomic mass is 35.5. The number of hydrogen-bond donors (Lipinski definition) is 0. The number of rotatable bonds is 3. The van der Waals surface area contributed by atoms with E-state index in [1.807, 2.05) is 6.92 Å². The van der Waals surface area contributed by atoms with E-state index in [9.17, 15) is 9.90 Å². The van der Waals surface area contributed by atoms with Crippen molar-refractivity contribution in [1.82, 2.24) is 0 Å². The zero-order valence-corrected chi connectivity index (χ0v) is 7.80. The second kappa shape index (κ2) is 4.14. The van der Waals surface area contributed by atoms with Crippen molar-refractivity contribution in [3.05, 3.63) is 28.8 Å². The van der Waals surface area contributed by atoms with Crippen LogP contribution in [0, 0.1) is 6.92 Å². The molecule has 0 spiro atoms. The van der Waals surface area contributed by atoms with Gasteiger partial charge >= 0.3 is 0 Å². The summed E-state index contributed by atoms with van der Waals surface area (Å²) < 4.78 is 4.86. The second-order valence-corrected chi connectivity index (χ2v) is 2.98. The molecular formula is C9H8ClO3-. The Hall–Kier alpha value is -1.22. The first-order chi connectivity index (χ1) is 6.09. The Bertz CT molecular complexity index is 323. The minimum absolute atomic E-state index is 0.430. The number of aryl methyl sites for hydroxylation is 1. The third-order valence-corrected chi connectivity index (χ3v) is 1.91. The van der Waals surface area contributed by atoms with E-state index >= 15 is 0 Å². The second-order valence-electron chi connectivity index (χ2n) is 2.57. The number of ether oxygens (including phenoxy) is 1. The summed E-state index contributed by atoms with van der Waals surface area (Å²) in [6.07, 6.45) is 0. The van der Waals surface area contributed by atoms with Crippen LogP contribution in [0.4, 0.5) is 0 Å². The van der Waals surface area contributed by atoms with E-state index < -0.39 is 12.6 Å². The summed E-state index contributed by atoms with van der Waals surface area (Å²) in [5, 5.41) is 10.6. The van der Waals surface area contributed by atoms with Crippen molar-refractivity contribution >= 4 is 17.6 Å². The van der Waals surface area contributed by atoms with Gasteiger partial charge < -0.3 is 14.6 Å². The van der Waals surface area contributed by atoms with Gasteiger partial charge in [0.1, 0.15) is 12.4 Å². The van der Waals surface area contributed by atoms with Crippen molar-refractivity contribution in [2.45, 2.75) is 6.92 Å². The molecule has 0 N–H and O–H groups in total. The third-order valence-electron chi connectivity index (χ3n) is 1.50. The maximum absolute atomic E-state index is 10.1. The van der Waals surface area contributed by atoms with Crippen LogP contribution >= 0.6 is 11.6 Å². The summed E-state index contributed by atoms with van der Waals surface area (Å²) in [6, 6.07) is 4.98. The Kier molecular flexibility index (Phi) is 3.14. The number of benzene rings is 1. The molecule has 0 saturated carbocycles. The Labute approximate surface area is 80.9 Å². The quantitative estimate of drug-likeness (QED) is 0.723. The van der Waals surface area contributed by atoms with E-state index in [-0.39, 0.29) is 0 Å². The van der Waals surface area contributed by atoms with Crippen molar-refractivity contribution in [2.24, 2.45) is 0 Å². The monoisotopic (exact) mass is 199 g/mol. The van der Waals surface area contributed by atoms with Crippen molar-refractivity contribution in [3.63, 3.8) is 0 Å². The van der Waals surface area contributed by atoms with Crippen LogP contribution in [0.2, 0.25) is 5.02 Å². The minimum Gasteiger partial charge on any atom is -0.546 e. The Balaban J connectivity index is 2.68. The van der Waals surface area contributed by atoms with E-state index in [1.165, 1.54) is 0 Å². The molecule has 0 aliphatic heterocycles. The zero-order chi connectivity index (χ0) is 9.84. The molecule has 4 heteroatoms. The molecule has 1 aromatic carbocycles. The minimum atomic E-state index is -1.25. The molecule has 13 heavy (non-hydrogen) atoms. The maximum Gasteiger partial charge on any atom is 0.128 e. The SMILES string of the molecule is Cc1ccc(OCC(=O)[O-])cc1Cl. The summed E-state index contributed by atoms with van der Waals surface area (Å²) in [6.45, 7) is 1.39. The molecular weight excluding hydrogens is 192 g/mol. The van der Waals surface area contributed by atoms with Gasteiger partial charge in [0.15, 0.2) is 0 Å². The van der Waals surface area contributed by atoms with Gasteiger partial charge in [0.25, 0.3) is 0 Å². The fraction of sp³-hybridized carbons (Fsp3) is 0.222. The number of halogens is 1. The van der Waals surface area contributed by atoms with Gasteiger partial charge in [-0.15, -0.1) is 0 Å². The van der Waals surface area contributed by atoms with Gasteiger partial charge in [-0.25, -0.2) is 0 Å². The molecule has 70 valence electrons. The lowest BCUT2D eigenvalue weighted by molar-refractivity contribution is -0.307. The Morgan fingerprint density at radius 1 is 1.62 bits per heavy atom. The number of aliphatic carboxylic acids is 1. The van der Waals surface area contributed by atoms with E-state index in [4.69, 9.17) is 16.3 Å². The number of carboxylic acid groups (broad SMARTS) is 1. The predicted molar refractivity (Wildman–Crippen MR) is 46.7 cm³/mol. The van der Waals surface area contributed by atoms with Crippen molar-refractivity contribution < 1.29 is 14.6 Å². The fourth-order valence-corrected chi connectivity index (χ4v) is 0.976. The van der Waals surface area contributed by atoms with Gasteiger partial charge in [-0.2, -0.15) is 0 Å². The molecule has 1 rings (SSSR count). The molecule has 0 saturated heterocycles. The molecule has 0 radical (unpaired) electrons. The molecule has 0 aliphatic carbocycles. The standard InChI is InChI=1S/C9H9ClO3/c1-6-2-3-7(4-8(6)10)13-5-9(11)12/h2-4H,5H2,1H3,(H,11,12)/p-1. The van der Waals surface area contributed by atoms with Crippen molar-refractivity contribution in [3.8, 4) is 5.75 Å². The molecule has 0 bridgehead atoms. The lowest BCUT2D eigenvalue weighted by atomic mass is 10.2. The van der Waals surface area contributed by atoms with Gasteiger partial charge in [-0.3, -0.25) is 0 Å². The Morgan fingerprint density at radius 3 is 2.85 bits per heavy atom. The molecule has 1 aromatic rings. The number of carbonyl (C=O) groups excluding carboxylic acids is 1. The van der Waals surface area contributed by atoms with Gasteiger partial charge in [0.2, 0.25) is 0 Å². The Morgan fingerprint density at radius 2 is 2.31 bits per heavy atom. The van der Waals surface area contributed by atoms with E-state index in [0.717, 1.165) is 5.56 Å². The first-order valence-electron chi connectivity index (χ1n) is 3.68. The van der Waals surface area contributed by atoms with Gasteiger partial charge in [0, 0.05) is 5.02 Å². The molecule has 0 fully saturated rings. The summed E-state index contributed by atoms with van der Waals surface area (Å²) >= 11 is 5.79. The van der Waals surface area contributed by atoms with Gasteiger partial charge in [-0.05, 0) is 24.6 Å². The van der Waals surface area contributed by atoms with Crippen LogP contribution in [0.15, 0.2) is 18.2 Å². The van der Waals surface area contributed by atoms with Crippen LogP contribution in [0.5, 0.6) is 5.75 Å². The lowest BCUT2D eigenvalue weighted by Crippen LogP contribution is -2.28. The average Bonchev–Trinajstić information content (AvgIpc) is 2.07. The topological polar surface area (TPSA) is 49.4 Å². The molecule has 0 amide bonds. The summed E-state index contributed by atoms with van der Waals surface area (Å²) in [4.78, 5) is 10.1. The molecule has 3 nitrogen and oxygen atoms in total. The fourth-order valence-electron chi connectivity index (χ4n) is 0.806.